The number of fused-ring (bicyclic) bond motifs is 1. The molecule has 1 aromatic rings. The third-order valence-electron chi connectivity index (χ3n) is 3.29. The Morgan fingerprint density at radius 1 is 1.16 bits per heavy atom. The number of benzene rings is 1. The molecule has 0 bridgehead atoms. The minimum Gasteiger partial charge on any atom is -0.486 e. The lowest BCUT2D eigenvalue weighted by atomic mass is 10.00. The predicted molar refractivity (Wildman–Crippen MR) is 67.8 cm³/mol. The molecular weight excluding hydrogens is 246 g/mol. The Hall–Kier alpha value is -2.30. The van der Waals surface area contributed by atoms with Crippen molar-refractivity contribution in [2.45, 2.75) is 13.3 Å². The molecule has 98 valence electrons. The third kappa shape index (κ3) is 2.07. The van der Waals surface area contributed by atoms with Crippen LogP contribution in [0.15, 0.2) is 23.8 Å². The van der Waals surface area contributed by atoms with Gasteiger partial charge in [-0.3, -0.25) is 14.9 Å². The molecule has 1 fully saturated rings. The summed E-state index contributed by atoms with van der Waals surface area (Å²) in [5.41, 5.74) is 2.17. The molecule has 2 amide bonds. The number of nitrogens with one attached hydrogen (secondary N) is 1. The second kappa shape index (κ2) is 4.42. The molecule has 0 unspecified atom stereocenters. The van der Waals surface area contributed by atoms with Gasteiger partial charge in [0.25, 0.3) is 5.91 Å². The number of hydrogen-bond acceptors (Lipinski definition) is 4. The second-order valence-corrected chi connectivity index (χ2v) is 4.52. The predicted octanol–water partition coefficient (Wildman–Crippen LogP) is 1.28. The number of rotatable bonds is 1. The van der Waals surface area contributed by atoms with Crippen LogP contribution in [-0.2, 0) is 9.59 Å². The Morgan fingerprint density at radius 2 is 1.89 bits per heavy atom. The number of carbonyl (C=O) groups is 2. The number of hydrogen-bond donors (Lipinski definition) is 1. The lowest BCUT2D eigenvalue weighted by Crippen LogP contribution is -2.19. The van der Waals surface area contributed by atoms with E-state index in [0.717, 1.165) is 11.1 Å². The summed E-state index contributed by atoms with van der Waals surface area (Å²) in [6.45, 7) is 2.90. The van der Waals surface area contributed by atoms with Gasteiger partial charge in [0.1, 0.15) is 13.2 Å². The van der Waals surface area contributed by atoms with Crippen molar-refractivity contribution in [1.82, 2.24) is 5.32 Å². The molecule has 2 aliphatic heterocycles. The van der Waals surface area contributed by atoms with Crippen LogP contribution in [0.2, 0.25) is 0 Å². The van der Waals surface area contributed by atoms with Crippen LogP contribution in [0.4, 0.5) is 0 Å². The zero-order chi connectivity index (χ0) is 13.4. The van der Waals surface area contributed by atoms with Gasteiger partial charge in [-0.2, -0.15) is 0 Å². The van der Waals surface area contributed by atoms with E-state index >= 15 is 0 Å². The SMILES string of the molecule is CC(=C1CC(=O)NC1=O)c1ccc2c(c1)OCCO2. The number of allylic oxidation sites excluding steroid dienone is 1. The van der Waals surface area contributed by atoms with Crippen LogP contribution >= 0.6 is 0 Å². The molecule has 0 radical (unpaired) electrons. The standard InChI is InChI=1S/C14H13NO4/c1-8(10-7-13(16)15-14(10)17)9-2-3-11-12(6-9)19-5-4-18-11/h2-3,6H,4-5,7H2,1H3,(H,15,16,17). The van der Waals surface area contributed by atoms with Gasteiger partial charge in [0.2, 0.25) is 5.91 Å². The highest BCUT2D eigenvalue weighted by atomic mass is 16.6. The maximum atomic E-state index is 11.6. The van der Waals surface area contributed by atoms with Gasteiger partial charge in [0, 0.05) is 5.57 Å². The van der Waals surface area contributed by atoms with E-state index in [-0.39, 0.29) is 18.2 Å². The molecule has 2 heterocycles. The van der Waals surface area contributed by atoms with Crippen molar-refractivity contribution in [3.05, 3.63) is 29.3 Å². The Morgan fingerprint density at radius 3 is 2.58 bits per heavy atom. The summed E-state index contributed by atoms with van der Waals surface area (Å²) >= 11 is 0. The maximum Gasteiger partial charge on any atom is 0.254 e. The third-order valence-corrected chi connectivity index (χ3v) is 3.29. The van der Waals surface area contributed by atoms with E-state index in [2.05, 4.69) is 5.32 Å². The van der Waals surface area contributed by atoms with Crippen molar-refractivity contribution in [2.24, 2.45) is 0 Å². The molecule has 1 N–H and O–H groups in total. The van der Waals surface area contributed by atoms with Gasteiger partial charge in [-0.15, -0.1) is 0 Å². The molecule has 2 aliphatic rings. The van der Waals surface area contributed by atoms with E-state index in [1.165, 1.54) is 0 Å². The molecule has 3 rings (SSSR count). The van der Waals surface area contributed by atoms with E-state index in [0.29, 0.717) is 30.3 Å². The summed E-state index contributed by atoms with van der Waals surface area (Å²) < 4.78 is 11.0. The molecule has 0 saturated carbocycles. The summed E-state index contributed by atoms with van der Waals surface area (Å²) in [5, 5.41) is 2.29. The smallest absolute Gasteiger partial charge is 0.254 e. The fourth-order valence-corrected chi connectivity index (χ4v) is 2.24. The maximum absolute atomic E-state index is 11.6. The summed E-state index contributed by atoms with van der Waals surface area (Å²) in [4.78, 5) is 22.9. The number of carbonyl (C=O) groups excluding carboxylic acids is 2. The highest BCUT2D eigenvalue weighted by Crippen LogP contribution is 2.34. The average Bonchev–Trinajstić information content (AvgIpc) is 2.76. The fraction of sp³-hybridized carbons (Fsp3) is 0.286. The molecule has 19 heavy (non-hydrogen) atoms. The van der Waals surface area contributed by atoms with Gasteiger partial charge in [-0.25, -0.2) is 0 Å². The van der Waals surface area contributed by atoms with Gasteiger partial charge < -0.3 is 9.47 Å². The van der Waals surface area contributed by atoms with Crippen molar-refractivity contribution in [3.8, 4) is 11.5 Å². The van der Waals surface area contributed by atoms with Gasteiger partial charge in [0.05, 0.1) is 6.42 Å². The summed E-state index contributed by atoms with van der Waals surface area (Å²) in [6.07, 6.45) is 0.138. The lowest BCUT2D eigenvalue weighted by Gasteiger charge is -2.19. The van der Waals surface area contributed by atoms with Gasteiger partial charge in [-0.1, -0.05) is 6.07 Å². The van der Waals surface area contributed by atoms with E-state index in [1.54, 1.807) is 0 Å². The second-order valence-electron chi connectivity index (χ2n) is 4.52. The fourth-order valence-electron chi connectivity index (χ4n) is 2.24. The molecule has 0 atom stereocenters. The van der Waals surface area contributed by atoms with E-state index in [1.807, 2.05) is 25.1 Å². The molecule has 1 aromatic carbocycles. The zero-order valence-corrected chi connectivity index (χ0v) is 10.5. The monoisotopic (exact) mass is 259 g/mol. The first kappa shape index (κ1) is 11.8. The zero-order valence-electron chi connectivity index (χ0n) is 10.5. The van der Waals surface area contributed by atoms with Gasteiger partial charge in [-0.05, 0) is 30.2 Å². The number of ether oxygens (including phenoxy) is 2. The summed E-state index contributed by atoms with van der Waals surface area (Å²) in [7, 11) is 0. The molecular formula is C14H13NO4. The topological polar surface area (TPSA) is 64.6 Å². The number of amides is 2. The first-order valence-electron chi connectivity index (χ1n) is 6.09. The lowest BCUT2D eigenvalue weighted by molar-refractivity contribution is -0.124. The minimum atomic E-state index is -0.308. The van der Waals surface area contributed by atoms with Crippen LogP contribution in [0.25, 0.3) is 5.57 Å². The average molecular weight is 259 g/mol. The minimum absolute atomic E-state index is 0.138. The van der Waals surface area contributed by atoms with Crippen molar-refractivity contribution < 1.29 is 19.1 Å². The summed E-state index contributed by atoms with van der Waals surface area (Å²) in [6, 6.07) is 5.53. The van der Waals surface area contributed by atoms with Gasteiger partial charge >= 0.3 is 0 Å². The highest BCUT2D eigenvalue weighted by Gasteiger charge is 2.26. The Bertz CT molecular complexity index is 603. The van der Waals surface area contributed by atoms with E-state index in [4.69, 9.17) is 9.47 Å². The Balaban J connectivity index is 2.00. The van der Waals surface area contributed by atoms with Crippen LogP contribution in [0.3, 0.4) is 0 Å². The van der Waals surface area contributed by atoms with Crippen LogP contribution < -0.4 is 14.8 Å². The molecule has 1 saturated heterocycles. The van der Waals surface area contributed by atoms with Crippen molar-refractivity contribution in [1.29, 1.82) is 0 Å². The molecule has 5 heteroatoms. The molecule has 0 aromatic heterocycles. The van der Waals surface area contributed by atoms with Crippen molar-refractivity contribution >= 4 is 17.4 Å². The van der Waals surface area contributed by atoms with Crippen LogP contribution in [0, 0.1) is 0 Å². The molecule has 5 nitrogen and oxygen atoms in total. The quantitative estimate of drug-likeness (QED) is 0.609. The van der Waals surface area contributed by atoms with E-state index in [9.17, 15) is 9.59 Å². The first-order valence-corrected chi connectivity index (χ1v) is 6.09. The van der Waals surface area contributed by atoms with E-state index < -0.39 is 0 Å². The molecule has 0 aliphatic carbocycles. The number of imide groups is 1. The van der Waals surface area contributed by atoms with Crippen molar-refractivity contribution in [3.63, 3.8) is 0 Å². The molecule has 0 spiro atoms. The van der Waals surface area contributed by atoms with Crippen LogP contribution in [-0.4, -0.2) is 25.0 Å². The Kier molecular flexibility index (Phi) is 2.74. The van der Waals surface area contributed by atoms with Crippen molar-refractivity contribution in [2.75, 3.05) is 13.2 Å². The Labute approximate surface area is 110 Å². The van der Waals surface area contributed by atoms with Crippen LogP contribution in [0.1, 0.15) is 18.9 Å². The largest absolute Gasteiger partial charge is 0.486 e. The van der Waals surface area contributed by atoms with Gasteiger partial charge in [0.15, 0.2) is 11.5 Å². The van der Waals surface area contributed by atoms with Crippen LogP contribution in [0.5, 0.6) is 11.5 Å². The summed E-state index contributed by atoms with van der Waals surface area (Å²) in [5.74, 6) is 0.822. The highest BCUT2D eigenvalue weighted by molar-refractivity contribution is 6.17. The first-order chi connectivity index (χ1) is 9.15. The normalized spacial score (nSPS) is 20.3.